The van der Waals surface area contributed by atoms with Crippen LogP contribution in [0.15, 0.2) is 192 Å². The summed E-state index contributed by atoms with van der Waals surface area (Å²) in [5.74, 6) is 0.874. The summed E-state index contributed by atoms with van der Waals surface area (Å²) in [6.07, 6.45) is 0. The standard InChI is InChI=1S/C46H31NO/c1-2-14-32(15-3-1)38-22-9-10-25-42(38)47(43-26-13-18-33-16-4-6-21-39(33)43)44-29-28-37(40-23-7-8-24-41(40)44)34-19-12-20-35(30-34)46-31-36-17-5-11-27-45(36)48-46/h1-31H. The van der Waals surface area contributed by atoms with Gasteiger partial charge in [-0.15, -0.1) is 0 Å². The molecule has 48 heavy (non-hydrogen) atoms. The zero-order valence-corrected chi connectivity index (χ0v) is 26.3. The molecule has 226 valence electrons. The zero-order valence-electron chi connectivity index (χ0n) is 26.3. The number of hydrogen-bond acceptors (Lipinski definition) is 2. The van der Waals surface area contributed by atoms with Gasteiger partial charge in [-0.2, -0.15) is 0 Å². The Kier molecular flexibility index (Phi) is 6.84. The summed E-state index contributed by atoms with van der Waals surface area (Å²) >= 11 is 0. The Balaban J connectivity index is 1.26. The van der Waals surface area contributed by atoms with Crippen molar-refractivity contribution >= 4 is 49.6 Å². The maximum absolute atomic E-state index is 6.26. The van der Waals surface area contributed by atoms with Crippen LogP contribution < -0.4 is 4.90 Å². The van der Waals surface area contributed by atoms with Gasteiger partial charge in [0.2, 0.25) is 0 Å². The molecule has 0 saturated heterocycles. The number of nitrogens with zero attached hydrogens (tertiary/aromatic N) is 1. The van der Waals surface area contributed by atoms with Gasteiger partial charge < -0.3 is 9.32 Å². The van der Waals surface area contributed by atoms with Gasteiger partial charge in [-0.25, -0.2) is 0 Å². The summed E-state index contributed by atoms with van der Waals surface area (Å²) in [5, 5.41) is 5.89. The number of furan rings is 1. The lowest BCUT2D eigenvalue weighted by Crippen LogP contribution is -2.12. The average molecular weight is 614 g/mol. The van der Waals surface area contributed by atoms with E-state index in [1.165, 1.54) is 38.2 Å². The van der Waals surface area contributed by atoms with Crippen LogP contribution in [-0.2, 0) is 0 Å². The van der Waals surface area contributed by atoms with Crippen LogP contribution in [0.25, 0.3) is 66.1 Å². The highest BCUT2D eigenvalue weighted by molar-refractivity contribution is 6.10. The quantitative estimate of drug-likeness (QED) is 0.185. The van der Waals surface area contributed by atoms with Crippen molar-refractivity contribution in [1.82, 2.24) is 0 Å². The minimum absolute atomic E-state index is 0.874. The fourth-order valence-electron chi connectivity index (χ4n) is 7.02. The van der Waals surface area contributed by atoms with E-state index >= 15 is 0 Å². The second-order valence-electron chi connectivity index (χ2n) is 12.1. The van der Waals surface area contributed by atoms with Crippen molar-refractivity contribution in [1.29, 1.82) is 0 Å². The predicted octanol–water partition coefficient (Wildman–Crippen LogP) is 13.2. The Labute approximate surface area is 279 Å². The number of rotatable bonds is 6. The Morgan fingerprint density at radius 1 is 0.333 bits per heavy atom. The molecule has 9 rings (SSSR count). The molecule has 0 unspecified atom stereocenters. The lowest BCUT2D eigenvalue weighted by Gasteiger charge is -2.30. The van der Waals surface area contributed by atoms with Gasteiger partial charge in [0.05, 0.1) is 17.1 Å². The van der Waals surface area contributed by atoms with Gasteiger partial charge in [-0.1, -0.05) is 152 Å². The van der Waals surface area contributed by atoms with E-state index in [4.69, 9.17) is 4.42 Å². The van der Waals surface area contributed by atoms with Crippen LogP contribution in [0.3, 0.4) is 0 Å². The third-order valence-corrected chi connectivity index (χ3v) is 9.26. The van der Waals surface area contributed by atoms with E-state index in [2.05, 4.69) is 175 Å². The lowest BCUT2D eigenvalue weighted by molar-refractivity contribution is 0.631. The molecule has 0 atom stereocenters. The number of para-hydroxylation sites is 2. The van der Waals surface area contributed by atoms with Gasteiger partial charge in [0.15, 0.2) is 0 Å². The molecule has 0 fully saturated rings. The Morgan fingerprint density at radius 3 is 1.81 bits per heavy atom. The molecular formula is C46H31NO. The van der Waals surface area contributed by atoms with E-state index in [-0.39, 0.29) is 0 Å². The molecule has 1 aromatic heterocycles. The van der Waals surface area contributed by atoms with E-state index in [1.54, 1.807) is 0 Å². The summed E-state index contributed by atoms with van der Waals surface area (Å²) in [4.78, 5) is 2.45. The van der Waals surface area contributed by atoms with E-state index < -0.39 is 0 Å². The molecule has 0 aliphatic heterocycles. The molecule has 0 saturated carbocycles. The second-order valence-corrected chi connectivity index (χ2v) is 12.1. The fraction of sp³-hybridized carbons (Fsp3) is 0. The van der Waals surface area contributed by atoms with Crippen molar-refractivity contribution in [2.24, 2.45) is 0 Å². The Morgan fingerprint density at radius 2 is 0.938 bits per heavy atom. The molecule has 2 nitrogen and oxygen atoms in total. The molecule has 8 aromatic carbocycles. The van der Waals surface area contributed by atoms with Gasteiger partial charge in [0.25, 0.3) is 0 Å². The molecule has 0 radical (unpaired) electrons. The summed E-state index contributed by atoms with van der Waals surface area (Å²) in [6.45, 7) is 0. The first-order valence-electron chi connectivity index (χ1n) is 16.4. The first-order chi connectivity index (χ1) is 23.8. The molecule has 2 heteroatoms. The molecule has 0 aliphatic carbocycles. The SMILES string of the molecule is c1ccc(-c2ccccc2N(c2cccc3ccccc23)c2ccc(-c3cccc(-c4cc5ccccc5o4)c3)c3ccccc23)cc1. The first kappa shape index (κ1) is 27.9. The lowest BCUT2D eigenvalue weighted by atomic mass is 9.94. The molecule has 0 aliphatic rings. The van der Waals surface area contributed by atoms with Gasteiger partial charge in [0.1, 0.15) is 11.3 Å². The van der Waals surface area contributed by atoms with Crippen molar-refractivity contribution in [3.63, 3.8) is 0 Å². The minimum atomic E-state index is 0.874. The highest BCUT2D eigenvalue weighted by atomic mass is 16.3. The van der Waals surface area contributed by atoms with Crippen LogP contribution in [0, 0.1) is 0 Å². The van der Waals surface area contributed by atoms with Crippen LogP contribution in [0.1, 0.15) is 0 Å². The number of fused-ring (bicyclic) bond motifs is 3. The van der Waals surface area contributed by atoms with Gasteiger partial charge >= 0.3 is 0 Å². The van der Waals surface area contributed by atoms with Crippen LogP contribution in [0.4, 0.5) is 17.1 Å². The third kappa shape index (κ3) is 4.83. The van der Waals surface area contributed by atoms with Crippen LogP contribution >= 0.6 is 0 Å². The average Bonchev–Trinajstić information content (AvgIpc) is 3.61. The van der Waals surface area contributed by atoms with Crippen molar-refractivity contribution in [2.45, 2.75) is 0 Å². The summed E-state index contributed by atoms with van der Waals surface area (Å²) in [5.41, 5.74) is 10.1. The normalized spacial score (nSPS) is 11.3. The monoisotopic (exact) mass is 613 g/mol. The molecule has 9 aromatic rings. The smallest absolute Gasteiger partial charge is 0.135 e. The minimum Gasteiger partial charge on any atom is -0.456 e. The van der Waals surface area contributed by atoms with Crippen LogP contribution in [-0.4, -0.2) is 0 Å². The van der Waals surface area contributed by atoms with Gasteiger partial charge in [-0.05, 0) is 63.9 Å². The zero-order chi connectivity index (χ0) is 31.9. The number of anilines is 3. The molecule has 0 spiro atoms. The highest BCUT2D eigenvalue weighted by Crippen LogP contribution is 2.47. The summed E-state index contributed by atoms with van der Waals surface area (Å²) < 4.78 is 6.26. The third-order valence-electron chi connectivity index (χ3n) is 9.26. The largest absolute Gasteiger partial charge is 0.456 e. The maximum atomic E-state index is 6.26. The molecule has 0 bridgehead atoms. The molecular weight excluding hydrogens is 583 g/mol. The van der Waals surface area contributed by atoms with E-state index in [0.29, 0.717) is 0 Å². The summed E-state index contributed by atoms with van der Waals surface area (Å²) in [6, 6.07) is 67.0. The van der Waals surface area contributed by atoms with Crippen molar-refractivity contribution in [3.8, 4) is 33.6 Å². The first-order valence-corrected chi connectivity index (χ1v) is 16.4. The Hall–Kier alpha value is -6.38. The molecule has 0 amide bonds. The molecule has 0 N–H and O–H groups in total. The fourth-order valence-corrected chi connectivity index (χ4v) is 7.02. The number of benzene rings is 8. The maximum Gasteiger partial charge on any atom is 0.135 e. The summed E-state index contributed by atoms with van der Waals surface area (Å²) in [7, 11) is 0. The Bertz CT molecular complexity index is 2540. The highest BCUT2D eigenvalue weighted by Gasteiger charge is 2.22. The van der Waals surface area contributed by atoms with E-state index in [9.17, 15) is 0 Å². The van der Waals surface area contributed by atoms with Crippen LogP contribution in [0.2, 0.25) is 0 Å². The van der Waals surface area contributed by atoms with Gasteiger partial charge in [-0.3, -0.25) is 0 Å². The van der Waals surface area contributed by atoms with E-state index in [1.807, 2.05) is 18.2 Å². The van der Waals surface area contributed by atoms with E-state index in [0.717, 1.165) is 44.9 Å². The van der Waals surface area contributed by atoms with Crippen molar-refractivity contribution < 1.29 is 4.42 Å². The van der Waals surface area contributed by atoms with Gasteiger partial charge in [0, 0.05) is 27.3 Å². The van der Waals surface area contributed by atoms with Crippen molar-refractivity contribution in [3.05, 3.63) is 188 Å². The van der Waals surface area contributed by atoms with Crippen molar-refractivity contribution in [2.75, 3.05) is 4.90 Å². The second kappa shape index (κ2) is 11.8. The predicted molar refractivity (Wildman–Crippen MR) is 202 cm³/mol. The molecule has 1 heterocycles. The number of hydrogen-bond donors (Lipinski definition) is 0. The topological polar surface area (TPSA) is 16.4 Å². The van der Waals surface area contributed by atoms with Crippen LogP contribution in [0.5, 0.6) is 0 Å².